The summed E-state index contributed by atoms with van der Waals surface area (Å²) in [4.78, 5) is 24.7. The molecule has 2 aromatic carbocycles. The van der Waals surface area contributed by atoms with Crippen LogP contribution in [0.4, 0.5) is 26.3 Å². The molecule has 4 nitrogen and oxygen atoms in total. The van der Waals surface area contributed by atoms with Gasteiger partial charge in [0, 0.05) is 11.1 Å². The Labute approximate surface area is 166 Å². The third kappa shape index (κ3) is 3.98. The summed E-state index contributed by atoms with van der Waals surface area (Å²) >= 11 is 0. The van der Waals surface area contributed by atoms with Crippen molar-refractivity contribution in [2.45, 2.75) is 29.3 Å². The Morgan fingerprint density at radius 3 is 1.20 bits per heavy atom. The molecule has 0 saturated carbocycles. The van der Waals surface area contributed by atoms with Crippen LogP contribution in [0.3, 0.4) is 0 Å². The summed E-state index contributed by atoms with van der Waals surface area (Å²) in [6, 6.07) is 5.98. The highest BCUT2D eigenvalue weighted by atomic mass is 32.2. The number of Topliss-reactive ketones (excluding diaryl/α,β-unsaturated/α-hetero) is 2. The quantitative estimate of drug-likeness (QED) is 0.513. The van der Waals surface area contributed by atoms with Gasteiger partial charge in [0.1, 0.15) is 10.5 Å². The fraction of sp³-hybridized carbons (Fsp3) is 0.263. The predicted octanol–water partition coefficient (Wildman–Crippen LogP) is 4.35. The number of ketones is 2. The molecule has 1 saturated heterocycles. The van der Waals surface area contributed by atoms with Crippen LogP contribution >= 0.6 is 0 Å². The van der Waals surface area contributed by atoms with Crippen molar-refractivity contribution in [3.05, 3.63) is 70.8 Å². The van der Waals surface area contributed by atoms with Gasteiger partial charge in [-0.3, -0.25) is 9.59 Å². The molecule has 30 heavy (non-hydrogen) atoms. The summed E-state index contributed by atoms with van der Waals surface area (Å²) in [5.41, 5.74) is -2.52. The van der Waals surface area contributed by atoms with Gasteiger partial charge in [-0.1, -0.05) is 24.3 Å². The van der Waals surface area contributed by atoms with Gasteiger partial charge < -0.3 is 0 Å². The van der Waals surface area contributed by atoms with E-state index < -0.39 is 61.8 Å². The first-order chi connectivity index (χ1) is 13.7. The van der Waals surface area contributed by atoms with E-state index in [9.17, 15) is 44.3 Å². The zero-order valence-corrected chi connectivity index (χ0v) is 15.6. The van der Waals surface area contributed by atoms with E-state index in [1.54, 1.807) is 0 Å². The lowest BCUT2D eigenvalue weighted by Gasteiger charge is -2.33. The van der Waals surface area contributed by atoms with Crippen LogP contribution in [0.15, 0.2) is 48.5 Å². The zero-order valence-electron chi connectivity index (χ0n) is 14.8. The number of sulfone groups is 1. The van der Waals surface area contributed by atoms with Gasteiger partial charge in [0.2, 0.25) is 0 Å². The van der Waals surface area contributed by atoms with Gasteiger partial charge in [-0.2, -0.15) is 26.3 Å². The molecule has 0 N–H and O–H groups in total. The van der Waals surface area contributed by atoms with Crippen LogP contribution in [0.2, 0.25) is 0 Å². The van der Waals surface area contributed by atoms with E-state index in [4.69, 9.17) is 0 Å². The number of benzene rings is 2. The van der Waals surface area contributed by atoms with Crippen LogP contribution in [0.1, 0.15) is 38.3 Å². The summed E-state index contributed by atoms with van der Waals surface area (Å²) in [6.07, 6.45) is -9.64. The van der Waals surface area contributed by atoms with E-state index in [1.807, 2.05) is 0 Å². The molecule has 0 aliphatic carbocycles. The van der Waals surface area contributed by atoms with E-state index in [1.165, 1.54) is 0 Å². The summed E-state index contributed by atoms with van der Waals surface area (Å²) in [5.74, 6) is -1.89. The summed E-state index contributed by atoms with van der Waals surface area (Å²) in [7, 11) is -4.28. The molecule has 0 spiro atoms. The molecule has 0 amide bonds. The lowest BCUT2D eigenvalue weighted by molar-refractivity contribution is -0.138. The number of carbonyl (C=O) groups is 2. The molecule has 11 heteroatoms. The third-order valence-electron chi connectivity index (χ3n) is 4.80. The highest BCUT2D eigenvalue weighted by Gasteiger charge is 2.54. The van der Waals surface area contributed by atoms with E-state index in [0.29, 0.717) is 24.3 Å². The molecular weight excluding hydrogens is 438 g/mol. The van der Waals surface area contributed by atoms with Crippen LogP contribution in [0.25, 0.3) is 0 Å². The van der Waals surface area contributed by atoms with Crippen molar-refractivity contribution in [3.8, 4) is 0 Å². The Morgan fingerprint density at radius 1 is 0.667 bits per heavy atom. The molecule has 2 aromatic rings. The molecule has 0 bridgehead atoms. The van der Waals surface area contributed by atoms with Gasteiger partial charge in [0.25, 0.3) is 0 Å². The highest BCUT2D eigenvalue weighted by Crippen LogP contribution is 2.36. The largest absolute Gasteiger partial charge is 0.416 e. The number of hydrogen-bond donors (Lipinski definition) is 0. The van der Waals surface area contributed by atoms with Crippen LogP contribution in [-0.4, -0.2) is 30.5 Å². The Bertz CT molecular complexity index is 1000. The van der Waals surface area contributed by atoms with Crippen molar-refractivity contribution in [1.29, 1.82) is 0 Å². The molecule has 1 aliphatic rings. The fourth-order valence-corrected chi connectivity index (χ4v) is 4.90. The summed E-state index contributed by atoms with van der Waals surface area (Å²) < 4.78 is 100. The lowest BCUT2D eigenvalue weighted by atomic mass is 9.98. The second-order valence-corrected chi connectivity index (χ2v) is 9.00. The maximum Gasteiger partial charge on any atom is 0.416 e. The molecular formula is C19H12F6O4S. The van der Waals surface area contributed by atoms with Crippen molar-refractivity contribution in [3.63, 3.8) is 0 Å². The Balaban J connectivity index is 1.75. The minimum absolute atomic E-state index is 0.253. The first kappa shape index (κ1) is 22.0. The highest BCUT2D eigenvalue weighted by molar-refractivity contribution is 7.95. The van der Waals surface area contributed by atoms with E-state index in [-0.39, 0.29) is 11.1 Å². The van der Waals surface area contributed by atoms with E-state index in [0.717, 1.165) is 24.3 Å². The van der Waals surface area contributed by atoms with Gasteiger partial charge in [0.05, 0.1) is 11.1 Å². The summed E-state index contributed by atoms with van der Waals surface area (Å²) in [5, 5.41) is -3.20. The van der Waals surface area contributed by atoms with Crippen LogP contribution in [0.5, 0.6) is 0 Å². The van der Waals surface area contributed by atoms with Crippen LogP contribution in [0, 0.1) is 0 Å². The van der Waals surface area contributed by atoms with Crippen molar-refractivity contribution in [1.82, 2.24) is 0 Å². The number of rotatable bonds is 4. The number of hydrogen-bond acceptors (Lipinski definition) is 4. The van der Waals surface area contributed by atoms with Gasteiger partial charge in [0.15, 0.2) is 21.4 Å². The molecule has 0 unspecified atom stereocenters. The monoisotopic (exact) mass is 450 g/mol. The first-order valence-electron chi connectivity index (χ1n) is 8.38. The van der Waals surface area contributed by atoms with E-state index in [2.05, 4.69) is 0 Å². The minimum Gasteiger partial charge on any atom is -0.293 e. The molecule has 160 valence electrons. The van der Waals surface area contributed by atoms with Crippen molar-refractivity contribution in [2.75, 3.05) is 0 Å². The standard InChI is InChI=1S/C19H12F6O4S/c20-18(21,22)12-5-1-10(2-6-12)16(26)14-9-15(30(14,28)29)17(27)11-3-7-13(8-4-11)19(23,24)25/h1-8,14-15H,9H2/t14-,15-/m1/s1. The molecule has 2 atom stereocenters. The molecule has 1 aliphatic heterocycles. The minimum atomic E-state index is -4.62. The topological polar surface area (TPSA) is 68.3 Å². The van der Waals surface area contributed by atoms with Crippen molar-refractivity contribution in [2.24, 2.45) is 0 Å². The number of halogens is 6. The molecule has 1 fully saturated rings. The zero-order chi connectivity index (χ0) is 22.5. The van der Waals surface area contributed by atoms with Gasteiger partial charge in [-0.15, -0.1) is 0 Å². The van der Waals surface area contributed by atoms with Gasteiger partial charge >= 0.3 is 12.4 Å². The Hall–Kier alpha value is -2.69. The first-order valence-corrected chi connectivity index (χ1v) is 9.99. The lowest BCUT2D eigenvalue weighted by Crippen LogP contribution is -2.54. The maximum atomic E-state index is 12.6. The fourth-order valence-electron chi connectivity index (χ4n) is 3.07. The van der Waals surface area contributed by atoms with Gasteiger partial charge in [-0.25, -0.2) is 8.42 Å². The Morgan fingerprint density at radius 2 is 0.967 bits per heavy atom. The predicted molar refractivity (Wildman–Crippen MR) is 92.7 cm³/mol. The van der Waals surface area contributed by atoms with E-state index >= 15 is 0 Å². The van der Waals surface area contributed by atoms with Gasteiger partial charge in [-0.05, 0) is 30.7 Å². The smallest absolute Gasteiger partial charge is 0.293 e. The molecule has 3 rings (SSSR count). The average molecular weight is 450 g/mol. The van der Waals surface area contributed by atoms with Crippen LogP contribution in [-0.2, 0) is 22.2 Å². The molecule has 1 heterocycles. The average Bonchev–Trinajstić information content (AvgIpc) is 2.65. The normalized spacial score (nSPS) is 21.0. The van der Waals surface area contributed by atoms with Crippen molar-refractivity contribution < 1.29 is 44.3 Å². The maximum absolute atomic E-state index is 12.6. The second-order valence-electron chi connectivity index (χ2n) is 6.68. The van der Waals surface area contributed by atoms with Crippen molar-refractivity contribution >= 4 is 21.4 Å². The SMILES string of the molecule is O=C(c1ccc(C(F)(F)F)cc1)[C@H]1C[C@H](C(=O)c2ccc(C(F)(F)F)cc2)S1(=O)=O. The molecule has 0 aromatic heterocycles. The second kappa shape index (κ2) is 7.22. The molecule has 0 radical (unpaired) electrons. The summed E-state index contributed by atoms with van der Waals surface area (Å²) in [6.45, 7) is 0. The Kier molecular flexibility index (Phi) is 5.30. The number of alkyl halides is 6. The number of carbonyl (C=O) groups excluding carboxylic acids is 2. The third-order valence-corrected chi connectivity index (χ3v) is 7.20. The van der Waals surface area contributed by atoms with Crippen LogP contribution < -0.4 is 0 Å².